The highest BCUT2D eigenvalue weighted by molar-refractivity contribution is 5.85. The Balaban J connectivity index is 0.00000272. The Morgan fingerprint density at radius 2 is 1.48 bits per heavy atom. The predicted molar refractivity (Wildman–Crippen MR) is 127 cm³/mol. The van der Waals surface area contributed by atoms with Gasteiger partial charge in [-0.15, -0.1) is 12.4 Å². The van der Waals surface area contributed by atoms with Crippen molar-refractivity contribution < 1.29 is 9.15 Å². The number of benzene rings is 3. The fourth-order valence-corrected chi connectivity index (χ4v) is 3.57. The summed E-state index contributed by atoms with van der Waals surface area (Å²) in [5.74, 6) is 0.683. The van der Waals surface area contributed by atoms with E-state index in [1.807, 2.05) is 25.1 Å². The number of ether oxygens (including phenoxy) is 1. The molecule has 0 aliphatic carbocycles. The van der Waals surface area contributed by atoms with Crippen molar-refractivity contribution >= 4 is 23.4 Å². The van der Waals surface area contributed by atoms with Crippen LogP contribution in [-0.2, 0) is 19.7 Å². The SMILES string of the molecule is Cc1cc(=O)oc2cc(OCc3ccc(CN(C)Cc4ccccc4)cc3)ccc12.Cl. The van der Waals surface area contributed by atoms with E-state index in [9.17, 15) is 4.79 Å². The van der Waals surface area contributed by atoms with Gasteiger partial charge in [0.05, 0.1) is 0 Å². The minimum absolute atomic E-state index is 0. The molecule has 4 nitrogen and oxygen atoms in total. The number of hydrogen-bond donors (Lipinski definition) is 0. The fourth-order valence-electron chi connectivity index (χ4n) is 3.57. The highest BCUT2D eigenvalue weighted by Gasteiger charge is 2.05. The Kier molecular flexibility index (Phi) is 7.50. The molecule has 0 spiro atoms. The second-order valence-electron chi connectivity index (χ2n) is 7.67. The number of nitrogens with zero attached hydrogens (tertiary/aromatic N) is 1. The lowest BCUT2D eigenvalue weighted by Crippen LogP contribution is -2.17. The fraction of sp³-hybridized carbons (Fsp3) is 0.192. The molecule has 0 atom stereocenters. The average molecular weight is 436 g/mol. The molecule has 0 aliphatic heterocycles. The molecule has 0 unspecified atom stereocenters. The highest BCUT2D eigenvalue weighted by atomic mass is 35.5. The summed E-state index contributed by atoms with van der Waals surface area (Å²) < 4.78 is 11.2. The van der Waals surface area contributed by atoms with E-state index in [1.165, 1.54) is 17.2 Å². The molecule has 0 aliphatic rings. The molecule has 3 aromatic carbocycles. The zero-order valence-electron chi connectivity index (χ0n) is 17.7. The van der Waals surface area contributed by atoms with E-state index >= 15 is 0 Å². The molecule has 1 heterocycles. The molecule has 0 radical (unpaired) electrons. The smallest absolute Gasteiger partial charge is 0.336 e. The van der Waals surface area contributed by atoms with Crippen molar-refractivity contribution in [2.24, 2.45) is 0 Å². The Morgan fingerprint density at radius 3 is 2.19 bits per heavy atom. The van der Waals surface area contributed by atoms with E-state index in [-0.39, 0.29) is 18.0 Å². The number of rotatable bonds is 7. The first-order valence-electron chi connectivity index (χ1n) is 10.0. The maximum atomic E-state index is 11.6. The van der Waals surface area contributed by atoms with E-state index in [0.717, 1.165) is 29.6 Å². The summed E-state index contributed by atoms with van der Waals surface area (Å²) in [5.41, 5.74) is 4.78. The normalized spacial score (nSPS) is 10.8. The standard InChI is InChI=1S/C26H25NO3.ClH/c1-19-14-26(28)30-25-15-23(12-13-24(19)25)29-18-22-10-8-21(9-11-22)17-27(2)16-20-6-4-3-5-7-20;/h3-15H,16-18H2,1-2H3;1H. The summed E-state index contributed by atoms with van der Waals surface area (Å²) in [6, 6.07) is 26.1. The maximum Gasteiger partial charge on any atom is 0.336 e. The van der Waals surface area contributed by atoms with Gasteiger partial charge < -0.3 is 9.15 Å². The van der Waals surface area contributed by atoms with E-state index in [2.05, 4.69) is 60.5 Å². The Bertz CT molecular complexity index is 1190. The molecule has 31 heavy (non-hydrogen) atoms. The molecule has 0 fully saturated rings. The van der Waals surface area contributed by atoms with Crippen molar-refractivity contribution in [3.8, 4) is 5.75 Å². The first kappa shape index (κ1) is 22.6. The molecule has 160 valence electrons. The molecule has 0 N–H and O–H groups in total. The molecule has 4 aromatic rings. The van der Waals surface area contributed by atoms with Crippen LogP contribution >= 0.6 is 12.4 Å². The molecule has 0 saturated heterocycles. The Labute approximate surface area is 188 Å². The summed E-state index contributed by atoms with van der Waals surface area (Å²) in [5, 5.41) is 0.922. The van der Waals surface area contributed by atoms with Crippen LogP contribution in [0, 0.1) is 6.92 Å². The lowest BCUT2D eigenvalue weighted by atomic mass is 10.1. The zero-order chi connectivity index (χ0) is 20.9. The molecule has 0 saturated carbocycles. The van der Waals surface area contributed by atoms with Gasteiger partial charge in [0.2, 0.25) is 0 Å². The number of fused-ring (bicyclic) bond motifs is 1. The van der Waals surface area contributed by atoms with Crippen LogP contribution in [0.25, 0.3) is 11.0 Å². The lowest BCUT2D eigenvalue weighted by Gasteiger charge is -2.17. The van der Waals surface area contributed by atoms with E-state index in [1.54, 1.807) is 6.07 Å². The largest absolute Gasteiger partial charge is 0.489 e. The number of hydrogen-bond acceptors (Lipinski definition) is 4. The molecule has 0 bridgehead atoms. The van der Waals surface area contributed by atoms with Crippen LogP contribution in [0.5, 0.6) is 5.75 Å². The maximum absolute atomic E-state index is 11.6. The van der Waals surface area contributed by atoms with Crippen molar-refractivity contribution in [2.45, 2.75) is 26.6 Å². The zero-order valence-corrected chi connectivity index (χ0v) is 18.5. The molecule has 1 aromatic heterocycles. The van der Waals surface area contributed by atoms with E-state index in [4.69, 9.17) is 9.15 Å². The second-order valence-corrected chi connectivity index (χ2v) is 7.67. The van der Waals surface area contributed by atoms with Crippen molar-refractivity contribution in [2.75, 3.05) is 7.05 Å². The van der Waals surface area contributed by atoms with Gasteiger partial charge in [-0.1, -0.05) is 54.6 Å². The first-order valence-corrected chi connectivity index (χ1v) is 10.0. The minimum atomic E-state index is -0.343. The lowest BCUT2D eigenvalue weighted by molar-refractivity contribution is 0.305. The third-order valence-corrected chi connectivity index (χ3v) is 5.10. The van der Waals surface area contributed by atoms with Crippen molar-refractivity contribution in [1.29, 1.82) is 0 Å². The quantitative estimate of drug-likeness (QED) is 0.347. The van der Waals surface area contributed by atoms with Crippen LogP contribution in [0.3, 0.4) is 0 Å². The molecule has 0 amide bonds. The summed E-state index contributed by atoms with van der Waals surface area (Å²) >= 11 is 0. The van der Waals surface area contributed by atoms with Gasteiger partial charge in [0.1, 0.15) is 17.9 Å². The van der Waals surface area contributed by atoms with Crippen LogP contribution in [0.4, 0.5) is 0 Å². The summed E-state index contributed by atoms with van der Waals surface area (Å²) in [6.07, 6.45) is 0. The molecule has 5 heteroatoms. The Morgan fingerprint density at radius 1 is 0.839 bits per heavy atom. The van der Waals surface area contributed by atoms with Crippen LogP contribution < -0.4 is 10.4 Å². The molecule has 4 rings (SSSR count). The topological polar surface area (TPSA) is 42.7 Å². The van der Waals surface area contributed by atoms with Crippen molar-refractivity contribution in [3.05, 3.63) is 112 Å². The van der Waals surface area contributed by atoms with Crippen LogP contribution in [0.2, 0.25) is 0 Å². The van der Waals surface area contributed by atoms with Gasteiger partial charge in [-0.05, 0) is 48.4 Å². The average Bonchev–Trinajstić information content (AvgIpc) is 2.73. The van der Waals surface area contributed by atoms with Gasteiger partial charge in [0, 0.05) is 30.6 Å². The number of aryl methyl sites for hydroxylation is 1. The molecular formula is C26H26ClNO3. The van der Waals surface area contributed by atoms with Crippen molar-refractivity contribution in [3.63, 3.8) is 0 Å². The third kappa shape index (κ3) is 5.97. The Hall–Kier alpha value is -3.08. The van der Waals surface area contributed by atoms with Gasteiger partial charge in [-0.2, -0.15) is 0 Å². The molecular weight excluding hydrogens is 410 g/mol. The third-order valence-electron chi connectivity index (χ3n) is 5.10. The summed E-state index contributed by atoms with van der Waals surface area (Å²) in [6.45, 7) is 4.17. The van der Waals surface area contributed by atoms with Crippen LogP contribution in [0.15, 0.2) is 88.1 Å². The highest BCUT2D eigenvalue weighted by Crippen LogP contribution is 2.23. The van der Waals surface area contributed by atoms with Crippen LogP contribution in [0.1, 0.15) is 22.3 Å². The predicted octanol–water partition coefficient (Wildman–Crippen LogP) is 5.73. The summed E-state index contributed by atoms with van der Waals surface area (Å²) in [7, 11) is 2.13. The van der Waals surface area contributed by atoms with Gasteiger partial charge in [-0.3, -0.25) is 4.90 Å². The minimum Gasteiger partial charge on any atom is -0.489 e. The monoisotopic (exact) mass is 435 g/mol. The second kappa shape index (κ2) is 10.3. The summed E-state index contributed by atoms with van der Waals surface area (Å²) in [4.78, 5) is 13.9. The van der Waals surface area contributed by atoms with Gasteiger partial charge in [0.25, 0.3) is 0 Å². The van der Waals surface area contributed by atoms with Gasteiger partial charge in [0.15, 0.2) is 0 Å². The first-order chi connectivity index (χ1) is 14.6. The van der Waals surface area contributed by atoms with E-state index < -0.39 is 0 Å². The van der Waals surface area contributed by atoms with Gasteiger partial charge >= 0.3 is 5.63 Å². The van der Waals surface area contributed by atoms with E-state index in [0.29, 0.717) is 17.9 Å². The number of halogens is 1. The van der Waals surface area contributed by atoms with Crippen molar-refractivity contribution in [1.82, 2.24) is 4.90 Å². The van der Waals surface area contributed by atoms with Gasteiger partial charge in [-0.25, -0.2) is 4.79 Å². The van der Waals surface area contributed by atoms with Crippen LogP contribution in [-0.4, -0.2) is 11.9 Å².